The summed E-state index contributed by atoms with van der Waals surface area (Å²) in [6.45, 7) is 29.6. The van der Waals surface area contributed by atoms with Crippen LogP contribution in [0.4, 0.5) is 0 Å². The van der Waals surface area contributed by atoms with E-state index in [2.05, 4.69) is 21.3 Å². The number of aliphatic hydroxyl groups excluding tert-OH is 2. The Kier molecular flexibility index (Phi) is 35.1. The summed E-state index contributed by atoms with van der Waals surface area (Å²) in [5, 5.41) is 46.1. The lowest BCUT2D eigenvalue weighted by molar-refractivity contribution is -0.158. The number of hydrogen-bond donors (Lipinski definition) is 7. The van der Waals surface area contributed by atoms with Crippen molar-refractivity contribution in [3.63, 3.8) is 0 Å². The number of thioether (sulfide) groups is 1. The van der Waals surface area contributed by atoms with Crippen LogP contribution in [0.5, 0.6) is 0 Å². The average molecular weight is 1320 g/mol. The number of aliphatic hydroxyl groups is 3. The molecule has 1 rings (SSSR count). The van der Waals surface area contributed by atoms with E-state index in [1.807, 2.05) is 73.5 Å². The first kappa shape index (κ1) is 84.6. The minimum Gasteiger partial charge on any atom is -0.391 e. The summed E-state index contributed by atoms with van der Waals surface area (Å²) < 4.78 is 0. The van der Waals surface area contributed by atoms with Crippen LogP contribution < -0.4 is 21.3 Å². The highest BCUT2D eigenvalue weighted by molar-refractivity contribution is 8.00. The van der Waals surface area contributed by atoms with Crippen LogP contribution in [0, 0.1) is 35.5 Å². The second-order valence-electron chi connectivity index (χ2n) is 28.4. The van der Waals surface area contributed by atoms with Gasteiger partial charge in [0.05, 0.1) is 23.8 Å². The summed E-state index contributed by atoms with van der Waals surface area (Å²) in [5.74, 6) is -8.79. The van der Waals surface area contributed by atoms with E-state index in [0.29, 0.717) is 18.7 Å². The standard InChI is InChI=1S/C66H122N12O13S/c1-27-29-30-42(13)53(79)52-57(83)69-45(28-2)59(85)78(26)65(92-32-31-71(18)19)64(90)75(23)49(36-66(16,17)91)56(82)70-50(40(9)10)62(88)72(20)46(33-37(3)4)55(81)67-43(14)54(80)68-44(15)58(84)73(21)47(34-38(5)6)60(86)74(22)48(35-39(7)8)61(87)76(24)51(41(11)12)63(89)77(52)25/h27,29,37-53,57,65,69,79,83,91H,28,30-36H2,1-26H3,(H,67,81)(H,68,80)(H,70,82). The highest BCUT2D eigenvalue weighted by Gasteiger charge is 2.47. The number of amides is 10. The van der Waals surface area contributed by atoms with E-state index >= 15 is 24.0 Å². The highest BCUT2D eigenvalue weighted by Crippen LogP contribution is 2.28. The number of carbonyl (C=O) groups excluding carboxylic acids is 10. The minimum absolute atomic E-state index is 0.0286. The molecule has 7 N–H and O–H groups in total. The molecule has 0 bridgehead atoms. The predicted octanol–water partition coefficient (Wildman–Crippen LogP) is 2.80. The van der Waals surface area contributed by atoms with Gasteiger partial charge >= 0.3 is 0 Å². The highest BCUT2D eigenvalue weighted by atomic mass is 32.2. The van der Waals surface area contributed by atoms with Gasteiger partial charge in [0.15, 0.2) is 5.37 Å². The lowest BCUT2D eigenvalue weighted by Crippen LogP contribution is -2.65. The summed E-state index contributed by atoms with van der Waals surface area (Å²) in [6.07, 6.45) is 0.810. The molecule has 26 heteroatoms. The molecule has 1 aliphatic rings. The van der Waals surface area contributed by atoms with Gasteiger partial charge in [-0.05, 0) is 116 Å². The first-order valence-electron chi connectivity index (χ1n) is 32.8. The number of nitrogens with one attached hydrogen (secondary N) is 4. The van der Waals surface area contributed by atoms with Crippen LogP contribution in [-0.4, -0.2) is 273 Å². The molecule has 1 saturated heterocycles. The molecular weight excluding hydrogens is 1200 g/mol. The van der Waals surface area contributed by atoms with Gasteiger partial charge in [-0.15, -0.1) is 11.8 Å². The van der Waals surface area contributed by atoms with E-state index in [1.165, 1.54) is 106 Å². The van der Waals surface area contributed by atoms with Crippen LogP contribution in [0.3, 0.4) is 0 Å². The molecule has 14 unspecified atom stereocenters. The number of likely N-dealkylation sites (N-methyl/N-ethyl adjacent to an activating group) is 7. The van der Waals surface area contributed by atoms with Gasteiger partial charge in [-0.2, -0.15) is 0 Å². The Hall–Kier alpha value is -5.41. The van der Waals surface area contributed by atoms with Crippen LogP contribution >= 0.6 is 11.8 Å². The molecular formula is C66H122N12O13S. The van der Waals surface area contributed by atoms with Crippen LogP contribution in [-0.2, 0) is 47.9 Å². The topological polar surface area (TPSA) is 305 Å². The van der Waals surface area contributed by atoms with E-state index in [-0.39, 0.29) is 49.9 Å². The van der Waals surface area contributed by atoms with E-state index < -0.39 is 161 Å². The summed E-state index contributed by atoms with van der Waals surface area (Å²) >= 11 is 1.11. The zero-order valence-corrected chi connectivity index (χ0v) is 61.5. The average Bonchev–Trinajstić information content (AvgIpc) is 0.830. The van der Waals surface area contributed by atoms with Crippen molar-refractivity contribution in [2.45, 2.75) is 240 Å². The maximum absolute atomic E-state index is 15.4. The Morgan fingerprint density at radius 2 is 1.02 bits per heavy atom. The largest absolute Gasteiger partial charge is 0.391 e. The quantitative estimate of drug-likeness (QED) is 0.0915. The molecule has 92 heavy (non-hydrogen) atoms. The van der Waals surface area contributed by atoms with Gasteiger partial charge in [-0.25, -0.2) is 0 Å². The molecule has 530 valence electrons. The fraction of sp³-hybridized carbons (Fsp3) is 0.818. The van der Waals surface area contributed by atoms with Gasteiger partial charge in [-0.1, -0.05) is 95.2 Å². The molecule has 0 saturated carbocycles. The molecule has 0 aliphatic carbocycles. The Morgan fingerprint density at radius 1 is 0.565 bits per heavy atom. The van der Waals surface area contributed by atoms with Gasteiger partial charge < -0.3 is 70.5 Å². The van der Waals surface area contributed by atoms with Crippen LogP contribution in [0.2, 0.25) is 0 Å². The fourth-order valence-corrected chi connectivity index (χ4v) is 12.7. The van der Waals surface area contributed by atoms with Gasteiger partial charge in [0.25, 0.3) is 5.91 Å². The second kappa shape index (κ2) is 38.2. The number of hydrogen-bond acceptors (Lipinski definition) is 16. The zero-order chi connectivity index (χ0) is 71.5. The Balaban J connectivity index is 4.55. The molecule has 0 aromatic carbocycles. The van der Waals surface area contributed by atoms with Crippen molar-refractivity contribution in [2.24, 2.45) is 35.5 Å². The van der Waals surface area contributed by atoms with Gasteiger partial charge in [0.2, 0.25) is 53.2 Å². The van der Waals surface area contributed by atoms with Crippen molar-refractivity contribution < 1.29 is 63.3 Å². The van der Waals surface area contributed by atoms with E-state index in [4.69, 9.17) is 0 Å². The van der Waals surface area contributed by atoms with Crippen molar-refractivity contribution in [1.29, 1.82) is 0 Å². The number of carbonyl (C=O) groups is 10. The first-order valence-corrected chi connectivity index (χ1v) is 33.9. The van der Waals surface area contributed by atoms with E-state index in [1.54, 1.807) is 47.6 Å². The van der Waals surface area contributed by atoms with Crippen LogP contribution in [0.25, 0.3) is 0 Å². The molecule has 14 atom stereocenters. The number of allylic oxidation sites excluding steroid dienone is 2. The third-order valence-electron chi connectivity index (χ3n) is 17.2. The molecule has 10 amide bonds. The maximum atomic E-state index is 15.4. The second-order valence-corrected chi connectivity index (χ2v) is 29.5. The fourth-order valence-electron chi connectivity index (χ4n) is 11.4. The van der Waals surface area contributed by atoms with Crippen LogP contribution in [0.15, 0.2) is 12.2 Å². The predicted molar refractivity (Wildman–Crippen MR) is 361 cm³/mol. The maximum Gasteiger partial charge on any atom is 0.256 e. The van der Waals surface area contributed by atoms with Crippen molar-refractivity contribution in [3.05, 3.63) is 12.2 Å². The summed E-state index contributed by atoms with van der Waals surface area (Å²) in [5.41, 5.74) is -1.57. The molecule has 0 aromatic rings. The lowest BCUT2D eigenvalue weighted by atomic mass is 9.91. The van der Waals surface area contributed by atoms with E-state index in [0.717, 1.165) is 16.7 Å². The SMILES string of the molecule is CC=CCC(C)C(O)C1C(O)NC(CC)C(=O)N(C)C(SCCN(C)C)C(=O)N(C)C(CC(C)(C)O)C(=O)NC(C(C)C)C(=O)N(C)C(CC(C)C)C(=O)NC(C)C(=O)NC(C)C(=O)N(C)C(CC(C)C)C(=O)N(C)C(CC(C)C)C(=O)N(C)C(C(C)C)C(=O)N1C. The lowest BCUT2D eigenvalue weighted by Gasteiger charge is -2.43. The Labute approximate surface area is 555 Å². The van der Waals surface area contributed by atoms with Gasteiger partial charge in [-0.3, -0.25) is 53.3 Å². The van der Waals surface area contributed by atoms with Gasteiger partial charge in [0.1, 0.15) is 54.6 Å². The third-order valence-corrected chi connectivity index (χ3v) is 18.4. The number of nitrogens with zero attached hydrogens (tertiary/aromatic N) is 8. The van der Waals surface area contributed by atoms with E-state index in [9.17, 15) is 39.3 Å². The van der Waals surface area contributed by atoms with Crippen molar-refractivity contribution in [1.82, 2.24) is 60.5 Å². The molecule has 1 heterocycles. The van der Waals surface area contributed by atoms with Crippen molar-refractivity contribution in [2.75, 3.05) is 75.7 Å². The summed E-state index contributed by atoms with van der Waals surface area (Å²) in [6, 6.07) is -12.7. The van der Waals surface area contributed by atoms with Crippen molar-refractivity contribution >= 4 is 70.8 Å². The minimum atomic E-state index is -1.82. The smallest absolute Gasteiger partial charge is 0.256 e. The summed E-state index contributed by atoms with van der Waals surface area (Å²) in [4.78, 5) is 159. The molecule has 0 radical (unpaired) electrons. The van der Waals surface area contributed by atoms with Crippen LogP contribution in [0.1, 0.15) is 156 Å². The molecule has 1 fully saturated rings. The molecule has 0 spiro atoms. The molecule has 0 aromatic heterocycles. The zero-order valence-electron chi connectivity index (χ0n) is 60.7. The number of rotatable bonds is 19. The van der Waals surface area contributed by atoms with Gasteiger partial charge in [0, 0.05) is 68.1 Å². The first-order chi connectivity index (χ1) is 42.3. The third kappa shape index (κ3) is 24.4. The summed E-state index contributed by atoms with van der Waals surface area (Å²) in [7, 11) is 13.6. The monoisotopic (exact) mass is 1320 g/mol. The molecule has 1 aliphatic heterocycles. The van der Waals surface area contributed by atoms with Crippen molar-refractivity contribution in [3.8, 4) is 0 Å². The Bertz CT molecular complexity index is 2480. The normalized spacial score (nSPS) is 27.7. The Morgan fingerprint density at radius 3 is 1.48 bits per heavy atom. The molecule has 25 nitrogen and oxygen atoms in total.